The fourth-order valence-electron chi connectivity index (χ4n) is 1.72. The van der Waals surface area contributed by atoms with Crippen LogP contribution in [0, 0.1) is 6.92 Å². The first-order valence-electron chi connectivity index (χ1n) is 6.33. The molecule has 0 unspecified atom stereocenters. The summed E-state index contributed by atoms with van der Waals surface area (Å²) >= 11 is 6.16. The molecule has 0 aliphatic rings. The lowest BCUT2D eigenvalue weighted by Crippen LogP contribution is -1.94. The quantitative estimate of drug-likeness (QED) is 0.562. The molecule has 102 valence electrons. The predicted octanol–water partition coefficient (Wildman–Crippen LogP) is 4.96. The van der Waals surface area contributed by atoms with E-state index in [-0.39, 0.29) is 0 Å². The van der Waals surface area contributed by atoms with Crippen molar-refractivity contribution >= 4 is 23.5 Å². The van der Waals surface area contributed by atoms with Crippen molar-refractivity contribution in [1.29, 1.82) is 0 Å². The van der Waals surface area contributed by atoms with Gasteiger partial charge in [-0.3, -0.25) is 4.99 Å². The number of hydrogen-bond donors (Lipinski definition) is 0. The van der Waals surface area contributed by atoms with Crippen molar-refractivity contribution < 1.29 is 4.74 Å². The first-order chi connectivity index (χ1) is 9.70. The number of benzene rings is 2. The second kappa shape index (κ2) is 6.92. The van der Waals surface area contributed by atoms with Crippen molar-refractivity contribution in [2.45, 2.75) is 6.92 Å². The highest BCUT2D eigenvalue weighted by Crippen LogP contribution is 2.25. The van der Waals surface area contributed by atoms with E-state index >= 15 is 0 Å². The second-order valence-corrected chi connectivity index (χ2v) is 4.74. The van der Waals surface area contributed by atoms with Gasteiger partial charge in [0.05, 0.1) is 10.7 Å². The molecule has 0 aliphatic carbocycles. The summed E-state index contributed by atoms with van der Waals surface area (Å²) in [6.45, 7) is 6.08. The number of aliphatic imine (C=N–C) groups is 1. The molecule has 0 saturated carbocycles. The zero-order valence-electron chi connectivity index (χ0n) is 11.3. The second-order valence-electron chi connectivity index (χ2n) is 4.33. The lowest BCUT2D eigenvalue weighted by molar-refractivity contribution is 0.363. The largest absolute Gasteiger partial charge is 0.488 e. The highest BCUT2D eigenvalue weighted by molar-refractivity contribution is 6.32. The topological polar surface area (TPSA) is 21.6 Å². The fraction of sp³-hybridized carbons (Fsp3) is 0.118. The van der Waals surface area contributed by atoms with E-state index in [9.17, 15) is 0 Å². The molecule has 0 N–H and O–H groups in total. The number of aryl methyl sites for hydroxylation is 1. The fourth-order valence-corrected chi connectivity index (χ4v) is 1.96. The van der Waals surface area contributed by atoms with Gasteiger partial charge in [-0.25, -0.2) is 0 Å². The van der Waals surface area contributed by atoms with Crippen molar-refractivity contribution in [2.75, 3.05) is 6.61 Å². The summed E-state index contributed by atoms with van der Waals surface area (Å²) in [5.41, 5.74) is 3.03. The van der Waals surface area contributed by atoms with Gasteiger partial charge in [-0.1, -0.05) is 42.5 Å². The Balaban J connectivity index is 2.16. The van der Waals surface area contributed by atoms with E-state index in [1.807, 2.05) is 49.4 Å². The Labute approximate surface area is 124 Å². The normalized spacial score (nSPS) is 10.7. The van der Waals surface area contributed by atoms with Crippen LogP contribution in [-0.2, 0) is 0 Å². The van der Waals surface area contributed by atoms with E-state index < -0.39 is 0 Å². The Kier molecular flexibility index (Phi) is 4.97. The molecule has 0 spiro atoms. The van der Waals surface area contributed by atoms with E-state index in [0.717, 1.165) is 16.8 Å². The Morgan fingerprint density at radius 1 is 1.25 bits per heavy atom. The number of rotatable bonds is 5. The molecule has 2 rings (SSSR count). The monoisotopic (exact) mass is 285 g/mol. The number of hydrogen-bond acceptors (Lipinski definition) is 2. The molecule has 0 atom stereocenters. The van der Waals surface area contributed by atoms with Crippen molar-refractivity contribution in [3.63, 3.8) is 0 Å². The minimum absolute atomic E-state index is 0.441. The van der Waals surface area contributed by atoms with Gasteiger partial charge < -0.3 is 4.74 Å². The third-order valence-electron chi connectivity index (χ3n) is 2.78. The van der Waals surface area contributed by atoms with Crippen LogP contribution in [0.1, 0.15) is 11.1 Å². The van der Waals surface area contributed by atoms with Gasteiger partial charge in [-0.05, 0) is 42.3 Å². The highest BCUT2D eigenvalue weighted by atomic mass is 35.5. The molecule has 2 aromatic carbocycles. The standard InChI is InChI=1S/C17H16ClNO/c1-3-10-20-17-9-8-14(11-15(17)18)12-19-16-7-5-4-6-13(16)2/h3-9,11-12H,1,10H2,2H3. The number of nitrogens with zero attached hydrogens (tertiary/aromatic N) is 1. The van der Waals surface area contributed by atoms with E-state index in [4.69, 9.17) is 16.3 Å². The SMILES string of the molecule is C=CCOc1ccc(C=Nc2ccccc2C)cc1Cl. The van der Waals surface area contributed by atoms with Crippen LogP contribution in [0.2, 0.25) is 5.02 Å². The molecule has 0 saturated heterocycles. The first-order valence-corrected chi connectivity index (χ1v) is 6.71. The summed E-state index contributed by atoms with van der Waals surface area (Å²) in [5, 5.41) is 0.570. The summed E-state index contributed by atoms with van der Waals surface area (Å²) in [6.07, 6.45) is 3.48. The maximum absolute atomic E-state index is 6.16. The van der Waals surface area contributed by atoms with Crippen molar-refractivity contribution in [3.05, 3.63) is 71.3 Å². The number of halogens is 1. The average molecular weight is 286 g/mol. The predicted molar refractivity (Wildman–Crippen MR) is 85.6 cm³/mol. The summed E-state index contributed by atoms with van der Waals surface area (Å²) < 4.78 is 5.43. The molecule has 0 aromatic heterocycles. The third kappa shape index (κ3) is 3.72. The summed E-state index contributed by atoms with van der Waals surface area (Å²) in [4.78, 5) is 4.47. The molecule has 0 radical (unpaired) electrons. The lowest BCUT2D eigenvalue weighted by Gasteiger charge is -2.06. The van der Waals surface area contributed by atoms with Gasteiger partial charge in [-0.2, -0.15) is 0 Å². The van der Waals surface area contributed by atoms with E-state index in [0.29, 0.717) is 17.4 Å². The Morgan fingerprint density at radius 2 is 2.05 bits per heavy atom. The summed E-state index contributed by atoms with van der Waals surface area (Å²) in [5.74, 6) is 0.652. The van der Waals surface area contributed by atoms with Crippen LogP contribution >= 0.6 is 11.6 Å². The molecule has 2 aromatic rings. The Hall–Kier alpha value is -2.06. The van der Waals surface area contributed by atoms with Gasteiger partial charge >= 0.3 is 0 Å². The van der Waals surface area contributed by atoms with Crippen LogP contribution in [0.25, 0.3) is 0 Å². The van der Waals surface area contributed by atoms with E-state index in [1.54, 1.807) is 12.3 Å². The van der Waals surface area contributed by atoms with Crippen LogP contribution in [0.5, 0.6) is 5.75 Å². The number of para-hydroxylation sites is 1. The van der Waals surface area contributed by atoms with Crippen molar-refractivity contribution in [1.82, 2.24) is 0 Å². The maximum atomic E-state index is 6.16. The molecule has 0 fully saturated rings. The Morgan fingerprint density at radius 3 is 2.75 bits per heavy atom. The van der Waals surface area contributed by atoms with Crippen LogP contribution in [0.15, 0.2) is 60.1 Å². The molecule has 0 amide bonds. The van der Waals surface area contributed by atoms with Gasteiger partial charge in [0, 0.05) is 6.21 Å². The van der Waals surface area contributed by atoms with Gasteiger partial charge in [0.1, 0.15) is 12.4 Å². The molecule has 3 heteroatoms. The van der Waals surface area contributed by atoms with Crippen LogP contribution in [0.4, 0.5) is 5.69 Å². The van der Waals surface area contributed by atoms with Gasteiger partial charge in [0.25, 0.3) is 0 Å². The summed E-state index contributed by atoms with van der Waals surface area (Å²) in [6, 6.07) is 13.6. The number of ether oxygens (including phenoxy) is 1. The summed E-state index contributed by atoms with van der Waals surface area (Å²) in [7, 11) is 0. The van der Waals surface area contributed by atoms with Gasteiger partial charge in [0.2, 0.25) is 0 Å². The van der Waals surface area contributed by atoms with Crippen molar-refractivity contribution in [2.24, 2.45) is 4.99 Å². The Bertz CT molecular complexity index is 635. The third-order valence-corrected chi connectivity index (χ3v) is 3.08. The molecule has 20 heavy (non-hydrogen) atoms. The minimum Gasteiger partial charge on any atom is -0.488 e. The first kappa shape index (κ1) is 14.4. The lowest BCUT2D eigenvalue weighted by atomic mass is 10.2. The molecular formula is C17H16ClNO. The molecular weight excluding hydrogens is 270 g/mol. The molecule has 0 aliphatic heterocycles. The van der Waals surface area contributed by atoms with Crippen LogP contribution < -0.4 is 4.74 Å². The van der Waals surface area contributed by atoms with E-state index in [2.05, 4.69) is 11.6 Å². The molecule has 2 nitrogen and oxygen atoms in total. The van der Waals surface area contributed by atoms with Crippen molar-refractivity contribution in [3.8, 4) is 5.75 Å². The van der Waals surface area contributed by atoms with Gasteiger partial charge in [0.15, 0.2) is 0 Å². The smallest absolute Gasteiger partial charge is 0.138 e. The zero-order valence-corrected chi connectivity index (χ0v) is 12.1. The molecule has 0 heterocycles. The van der Waals surface area contributed by atoms with Gasteiger partial charge in [-0.15, -0.1) is 0 Å². The average Bonchev–Trinajstić information content (AvgIpc) is 2.45. The molecule has 0 bridgehead atoms. The van der Waals surface area contributed by atoms with Crippen LogP contribution in [0.3, 0.4) is 0 Å². The zero-order chi connectivity index (χ0) is 14.4. The highest BCUT2D eigenvalue weighted by Gasteiger charge is 2.01. The van der Waals surface area contributed by atoms with E-state index in [1.165, 1.54) is 0 Å². The minimum atomic E-state index is 0.441. The van der Waals surface area contributed by atoms with Crippen LogP contribution in [-0.4, -0.2) is 12.8 Å². The maximum Gasteiger partial charge on any atom is 0.138 e.